The fourth-order valence-corrected chi connectivity index (χ4v) is 1.27. The number of aliphatic imine (C=N–C) groups is 1. The van der Waals surface area contributed by atoms with Gasteiger partial charge >= 0.3 is 0 Å². The van der Waals surface area contributed by atoms with Crippen molar-refractivity contribution in [2.75, 3.05) is 0 Å². The summed E-state index contributed by atoms with van der Waals surface area (Å²) in [4.78, 5) is 17.7. The first-order chi connectivity index (χ1) is 6.33. The molecule has 0 fully saturated rings. The van der Waals surface area contributed by atoms with E-state index in [0.717, 1.165) is 11.2 Å². The number of nitrogens with zero attached hydrogens (tertiary/aromatic N) is 3. The van der Waals surface area contributed by atoms with Gasteiger partial charge in [0.05, 0.1) is 6.20 Å². The van der Waals surface area contributed by atoms with Crippen LogP contribution in [0.1, 0.15) is 5.56 Å². The summed E-state index contributed by atoms with van der Waals surface area (Å²) < 4.78 is 1.75. The summed E-state index contributed by atoms with van der Waals surface area (Å²) in [6, 6.07) is 3.84. The second-order valence-electron chi connectivity index (χ2n) is 2.70. The largest absolute Gasteiger partial charge is 0.284 e. The Kier molecular flexibility index (Phi) is 1.69. The molecule has 0 N–H and O–H groups in total. The van der Waals surface area contributed by atoms with Crippen LogP contribution in [-0.2, 0) is 4.79 Å². The maximum Gasteiger partial charge on any atom is 0.242 e. The maximum atomic E-state index is 10.1. The number of hydrogen-bond donors (Lipinski definition) is 0. The predicted molar refractivity (Wildman–Crippen MR) is 47.7 cm³/mol. The van der Waals surface area contributed by atoms with E-state index < -0.39 is 0 Å². The third-order valence-electron chi connectivity index (χ3n) is 1.87. The molecule has 4 heteroatoms. The highest BCUT2D eigenvalue weighted by Crippen LogP contribution is 2.16. The topological polar surface area (TPSA) is 46.7 Å². The molecule has 0 amide bonds. The number of fused-ring (bicyclic) bond motifs is 1. The van der Waals surface area contributed by atoms with E-state index >= 15 is 0 Å². The minimum absolute atomic E-state index is 0.508. The van der Waals surface area contributed by atoms with Gasteiger partial charge in [0.15, 0.2) is 5.82 Å². The van der Waals surface area contributed by atoms with E-state index in [4.69, 9.17) is 0 Å². The smallest absolute Gasteiger partial charge is 0.242 e. The van der Waals surface area contributed by atoms with Crippen molar-refractivity contribution >= 4 is 17.5 Å². The minimum atomic E-state index is 0.508. The Balaban J connectivity index is 2.82. The maximum absolute atomic E-state index is 10.1. The van der Waals surface area contributed by atoms with Crippen LogP contribution in [0, 0.1) is 6.92 Å². The number of hydrogen-bond acceptors (Lipinski definition) is 3. The number of pyridine rings is 1. The van der Waals surface area contributed by atoms with Gasteiger partial charge in [-0.1, -0.05) is 6.07 Å². The van der Waals surface area contributed by atoms with E-state index in [1.54, 1.807) is 10.6 Å². The van der Waals surface area contributed by atoms with Gasteiger partial charge in [0.25, 0.3) is 0 Å². The highest BCUT2D eigenvalue weighted by atomic mass is 16.1. The second-order valence-corrected chi connectivity index (χ2v) is 2.70. The molecule has 0 bridgehead atoms. The van der Waals surface area contributed by atoms with Crippen molar-refractivity contribution in [2.45, 2.75) is 6.92 Å². The van der Waals surface area contributed by atoms with Crippen molar-refractivity contribution in [1.82, 2.24) is 9.38 Å². The zero-order valence-corrected chi connectivity index (χ0v) is 7.06. The summed E-state index contributed by atoms with van der Waals surface area (Å²) in [5.41, 5.74) is 1.87. The molecule has 2 aromatic heterocycles. The molecule has 0 radical (unpaired) electrons. The molecule has 13 heavy (non-hydrogen) atoms. The van der Waals surface area contributed by atoms with Crippen molar-refractivity contribution in [1.29, 1.82) is 0 Å². The molecular weight excluding hydrogens is 166 g/mol. The fourth-order valence-electron chi connectivity index (χ4n) is 1.27. The molecule has 0 saturated carbocycles. The van der Waals surface area contributed by atoms with E-state index in [9.17, 15) is 4.79 Å². The van der Waals surface area contributed by atoms with Gasteiger partial charge in [-0.25, -0.2) is 9.78 Å². The van der Waals surface area contributed by atoms with Crippen molar-refractivity contribution in [2.24, 2.45) is 4.99 Å². The van der Waals surface area contributed by atoms with E-state index in [1.165, 1.54) is 6.08 Å². The Morgan fingerprint density at radius 3 is 3.23 bits per heavy atom. The molecule has 0 aliphatic heterocycles. The Morgan fingerprint density at radius 2 is 2.46 bits per heavy atom. The van der Waals surface area contributed by atoms with Crippen LogP contribution in [0.5, 0.6) is 0 Å². The molecule has 0 unspecified atom stereocenters. The molecule has 0 atom stereocenters. The highest BCUT2D eigenvalue weighted by Gasteiger charge is 2.02. The lowest BCUT2D eigenvalue weighted by Crippen LogP contribution is -1.85. The summed E-state index contributed by atoms with van der Waals surface area (Å²) in [6.45, 7) is 1.96. The predicted octanol–water partition coefficient (Wildman–Crippen LogP) is 1.61. The lowest BCUT2D eigenvalue weighted by molar-refractivity contribution is 0.565. The summed E-state index contributed by atoms with van der Waals surface area (Å²) >= 11 is 0. The normalized spacial score (nSPS) is 9.92. The van der Waals surface area contributed by atoms with Crippen molar-refractivity contribution in [3.63, 3.8) is 0 Å². The van der Waals surface area contributed by atoms with E-state index in [1.807, 2.05) is 25.3 Å². The average Bonchev–Trinajstić information content (AvgIpc) is 2.51. The first-order valence-electron chi connectivity index (χ1n) is 3.83. The van der Waals surface area contributed by atoms with Crippen molar-refractivity contribution in [3.05, 3.63) is 30.1 Å². The van der Waals surface area contributed by atoms with Gasteiger partial charge in [-0.05, 0) is 18.6 Å². The number of carbonyl (C=O) groups excluding carboxylic acids is 1. The molecule has 2 heterocycles. The summed E-state index contributed by atoms with van der Waals surface area (Å²) in [6.07, 6.45) is 4.86. The molecular formula is C9H7N3O. The average molecular weight is 173 g/mol. The van der Waals surface area contributed by atoms with Crippen LogP contribution in [-0.4, -0.2) is 15.5 Å². The quantitative estimate of drug-likeness (QED) is 0.485. The monoisotopic (exact) mass is 173 g/mol. The van der Waals surface area contributed by atoms with E-state index in [2.05, 4.69) is 9.98 Å². The van der Waals surface area contributed by atoms with E-state index in [-0.39, 0.29) is 0 Å². The number of aryl methyl sites for hydroxylation is 1. The summed E-state index contributed by atoms with van der Waals surface area (Å²) in [7, 11) is 0. The first-order valence-corrected chi connectivity index (χ1v) is 3.83. The molecule has 64 valence electrons. The van der Waals surface area contributed by atoms with Crippen LogP contribution in [0.4, 0.5) is 5.82 Å². The lowest BCUT2D eigenvalue weighted by atomic mass is 10.3. The third kappa shape index (κ3) is 1.13. The Bertz CT molecular complexity index is 495. The first kappa shape index (κ1) is 7.71. The summed E-state index contributed by atoms with van der Waals surface area (Å²) in [5.74, 6) is 0.508. The van der Waals surface area contributed by atoms with Crippen LogP contribution in [0.15, 0.2) is 29.5 Å². The minimum Gasteiger partial charge on any atom is -0.284 e. The molecule has 2 rings (SSSR count). The molecule has 4 nitrogen and oxygen atoms in total. The highest BCUT2D eigenvalue weighted by molar-refractivity contribution is 5.55. The van der Waals surface area contributed by atoms with Gasteiger partial charge < -0.3 is 0 Å². The van der Waals surface area contributed by atoms with Gasteiger partial charge in [-0.2, -0.15) is 0 Å². The van der Waals surface area contributed by atoms with E-state index in [0.29, 0.717) is 5.82 Å². The number of imidazole rings is 1. The Labute approximate surface area is 74.6 Å². The molecule has 0 aliphatic rings. The van der Waals surface area contributed by atoms with Gasteiger partial charge in [0, 0.05) is 6.20 Å². The van der Waals surface area contributed by atoms with Crippen LogP contribution < -0.4 is 0 Å². The SMILES string of the molecule is Cc1cccn2c(N=C=O)cnc12. The van der Waals surface area contributed by atoms with Gasteiger partial charge in [0.1, 0.15) is 5.65 Å². The number of rotatable bonds is 1. The molecule has 0 aromatic carbocycles. The zero-order chi connectivity index (χ0) is 9.26. The second kappa shape index (κ2) is 2.84. The molecule has 0 saturated heterocycles. The number of isocyanates is 1. The lowest BCUT2D eigenvalue weighted by Gasteiger charge is -1.96. The fraction of sp³-hybridized carbons (Fsp3) is 0.111. The Hall–Kier alpha value is -1.93. The zero-order valence-electron chi connectivity index (χ0n) is 7.06. The van der Waals surface area contributed by atoms with Gasteiger partial charge in [-0.15, -0.1) is 4.99 Å². The van der Waals surface area contributed by atoms with Crippen LogP contribution in [0.3, 0.4) is 0 Å². The van der Waals surface area contributed by atoms with Crippen LogP contribution in [0.25, 0.3) is 5.65 Å². The standard InChI is InChI=1S/C9H7N3O/c1-7-3-2-4-12-8(11-6-13)5-10-9(7)12/h2-5H,1H3. The molecule has 0 aliphatic carbocycles. The third-order valence-corrected chi connectivity index (χ3v) is 1.87. The van der Waals surface area contributed by atoms with Crippen LogP contribution in [0.2, 0.25) is 0 Å². The molecule has 0 spiro atoms. The van der Waals surface area contributed by atoms with Gasteiger partial charge in [0.2, 0.25) is 6.08 Å². The van der Waals surface area contributed by atoms with Gasteiger partial charge in [-0.3, -0.25) is 4.40 Å². The van der Waals surface area contributed by atoms with Crippen molar-refractivity contribution in [3.8, 4) is 0 Å². The molecule has 2 aromatic rings. The number of aromatic nitrogens is 2. The van der Waals surface area contributed by atoms with Crippen molar-refractivity contribution < 1.29 is 4.79 Å². The Morgan fingerprint density at radius 1 is 1.62 bits per heavy atom. The van der Waals surface area contributed by atoms with Crippen LogP contribution >= 0.6 is 0 Å². The summed E-state index contributed by atoms with van der Waals surface area (Å²) in [5, 5.41) is 0.